The number of amides is 2. The summed E-state index contributed by atoms with van der Waals surface area (Å²) in [5.41, 5.74) is 38.6. The fraction of sp³-hybridized carbons (Fsp3) is 0.640. The van der Waals surface area contributed by atoms with Crippen molar-refractivity contribution in [1.29, 1.82) is 0 Å². The van der Waals surface area contributed by atoms with Crippen molar-refractivity contribution >= 4 is 21.8 Å². The van der Waals surface area contributed by atoms with Crippen LogP contribution in [0.5, 0.6) is 0 Å². The van der Waals surface area contributed by atoms with Crippen molar-refractivity contribution in [2.75, 3.05) is 151 Å². The Labute approximate surface area is 785 Å². The van der Waals surface area contributed by atoms with Crippen LogP contribution in [0.4, 0.5) is 43.9 Å². The fourth-order valence-corrected chi connectivity index (χ4v) is 26.5. The Morgan fingerprint density at radius 2 is 0.748 bits per heavy atom. The third-order valence-electron chi connectivity index (χ3n) is 31.7. The summed E-state index contributed by atoms with van der Waals surface area (Å²) in [5, 5.41) is 0. The lowest BCUT2D eigenvalue weighted by Crippen LogP contribution is -2.52. The first-order valence-corrected chi connectivity index (χ1v) is 50.6. The van der Waals surface area contributed by atoms with Gasteiger partial charge in [-0.15, -0.1) is 0 Å². The zero-order valence-electron chi connectivity index (χ0n) is 77.7. The van der Waals surface area contributed by atoms with Gasteiger partial charge < -0.3 is 72.0 Å². The average Bonchev–Trinajstić information content (AvgIpc) is 1.63. The summed E-state index contributed by atoms with van der Waals surface area (Å²) in [7, 11) is -1.12. The van der Waals surface area contributed by atoms with Gasteiger partial charge >= 0.3 is 0 Å². The number of benzene rings is 5. The molecule has 2 aliphatic carbocycles. The van der Waals surface area contributed by atoms with Crippen molar-refractivity contribution in [3.8, 4) is 0 Å². The maximum absolute atomic E-state index is 14.2. The number of nitrogens with zero attached hydrogens (tertiary/aromatic N) is 10. The van der Waals surface area contributed by atoms with Crippen molar-refractivity contribution in [3.63, 3.8) is 0 Å². The number of ether oxygens (including phenoxy) is 5. The number of hydrogen-bond donors (Lipinski definition) is 5. The molecule has 35 heteroatoms. The monoisotopic (exact) mass is 1910 g/mol. The highest BCUT2D eigenvalue weighted by Gasteiger charge is 2.53. The maximum Gasteiger partial charge on any atom is 0.225 e. The van der Waals surface area contributed by atoms with E-state index in [-0.39, 0.29) is 106 Å². The molecular weight excluding hydrogens is 1780 g/mol. The lowest BCUT2D eigenvalue weighted by Gasteiger charge is -2.41. The minimum absolute atomic E-state index is 0.0515. The van der Waals surface area contributed by atoms with Gasteiger partial charge in [0.05, 0.1) is 50.9 Å². The summed E-state index contributed by atoms with van der Waals surface area (Å²) in [5.74, 6) is -1.56. The van der Waals surface area contributed by atoms with Crippen molar-refractivity contribution in [2.24, 2.45) is 64.2 Å². The van der Waals surface area contributed by atoms with E-state index in [4.69, 9.17) is 52.4 Å². The molecule has 15 aliphatic heterocycles. The Morgan fingerprint density at radius 3 is 1.11 bits per heavy atom. The van der Waals surface area contributed by atoms with E-state index in [9.17, 15) is 61.9 Å². The van der Waals surface area contributed by atoms with Crippen molar-refractivity contribution in [2.45, 2.75) is 220 Å². The van der Waals surface area contributed by atoms with Crippen LogP contribution in [0, 0.1) is 93.7 Å². The zero-order chi connectivity index (χ0) is 94.9. The van der Waals surface area contributed by atoms with Gasteiger partial charge in [0.15, 0.2) is 0 Å². The smallest absolute Gasteiger partial charge is 0.225 e. The lowest BCUT2D eigenvalue weighted by molar-refractivity contribution is -0.132. The Balaban J connectivity index is 0.000000113. The van der Waals surface area contributed by atoms with E-state index in [2.05, 4.69) is 41.3 Å². The highest BCUT2D eigenvalue weighted by atomic mass is 32.2. The topological polar surface area (TPSA) is 277 Å². The molecule has 13 fully saturated rings. The summed E-state index contributed by atoms with van der Waals surface area (Å²) in [6, 6.07) is 16.8. The van der Waals surface area contributed by atoms with Crippen LogP contribution in [-0.2, 0) is 43.3 Å². The van der Waals surface area contributed by atoms with Gasteiger partial charge in [0.25, 0.3) is 0 Å². The summed E-state index contributed by atoms with van der Waals surface area (Å²) >= 11 is 0. The number of carbonyl (C=O) groups is 2. The average molecular weight is 1910 g/mol. The Morgan fingerprint density at radius 1 is 0.407 bits per heavy atom. The Bertz CT molecular complexity index is 5260. The van der Waals surface area contributed by atoms with Gasteiger partial charge in [-0.1, -0.05) is 13.8 Å². The van der Waals surface area contributed by atoms with E-state index in [0.29, 0.717) is 101 Å². The third-order valence-corrected chi connectivity index (χ3v) is 33.9. The minimum Gasteiger partial charge on any atom is -0.370 e. The third kappa shape index (κ3) is 21.8. The Kier molecular flexibility index (Phi) is 30.1. The van der Waals surface area contributed by atoms with Gasteiger partial charge in [-0.2, -0.15) is 0 Å². The highest BCUT2D eigenvalue weighted by Crippen LogP contribution is 2.47. The van der Waals surface area contributed by atoms with Crippen molar-refractivity contribution < 1.29 is 85.6 Å². The number of hydrogen-bond acceptors (Lipinski definition) is 21. The van der Waals surface area contributed by atoms with Crippen LogP contribution in [-0.4, -0.2) is 298 Å². The normalized spacial score (nSPS) is 33.4. The number of sulfonamides is 1. The zero-order valence-corrected chi connectivity index (χ0v) is 78.5. The number of likely N-dealkylation sites (tertiary alicyclic amines) is 5. The van der Waals surface area contributed by atoms with Crippen LogP contribution >= 0.6 is 0 Å². The van der Waals surface area contributed by atoms with E-state index >= 15 is 0 Å². The predicted octanol–water partition coefficient (Wildman–Crippen LogP) is 10.7. The summed E-state index contributed by atoms with van der Waals surface area (Å²) < 4.78 is 195. The number of halogens is 10. The van der Waals surface area contributed by atoms with E-state index in [1.165, 1.54) is 60.6 Å². The largest absolute Gasteiger partial charge is 0.370 e. The van der Waals surface area contributed by atoms with Crippen LogP contribution in [0.25, 0.3) is 0 Å². The molecule has 6 unspecified atom stereocenters. The number of rotatable bonds is 16. The van der Waals surface area contributed by atoms with E-state index in [0.717, 1.165) is 216 Å². The molecule has 11 saturated heterocycles. The van der Waals surface area contributed by atoms with Crippen LogP contribution in [0.1, 0.15) is 169 Å². The first-order valence-electron chi connectivity index (χ1n) is 49.0. The van der Waals surface area contributed by atoms with Crippen molar-refractivity contribution in [3.05, 3.63) is 200 Å². The Hall–Kier alpha value is -7.27. The molecule has 2 saturated carbocycles. The van der Waals surface area contributed by atoms with Crippen molar-refractivity contribution in [1.82, 2.24) is 48.4 Å². The molecule has 21 atom stereocenters. The molecule has 135 heavy (non-hydrogen) atoms. The number of nitrogens with two attached hydrogens (primary N) is 5. The summed E-state index contributed by atoms with van der Waals surface area (Å²) in [4.78, 5) is 45.0. The maximum atomic E-state index is 14.2. The number of fused-ring (bicyclic) bond motifs is 3. The van der Waals surface area contributed by atoms with Crippen LogP contribution in [0.3, 0.4) is 0 Å². The number of carbonyl (C=O) groups excluding carboxylic acids is 2. The molecule has 17 aliphatic rings. The predicted molar refractivity (Wildman–Crippen MR) is 488 cm³/mol. The van der Waals surface area contributed by atoms with Crippen LogP contribution in [0.2, 0.25) is 0 Å². The standard InChI is InChI=1S/C21H31F2N3O3S.C21H27F2N3O2.C21H27F2N3O.C19H25F2N3O2.C18H23F2N3O/c1-13(2)12-30(27,28)25-9-14-5-6-26(20(14)10-25)16-8-19(24)21(29-11-16)17-7-15(22)3-4-18(17)23;22-14-3-4-17(23)16(7-14)20-18(24)8-15(11-28-20)26-6-5-13-9-25(10-19(13)26)21(27)12-1-2-12;22-15-3-4-18(23)17(7-15)21-19(24)8-16(12-27-21)26-6-5-14-10-25(11-20(14)26)9-13-1-2-13;1-11(25)23-8-12-4-5-24(18(12)9-23)14-7-17(22)19(26-10-14)15-6-13(20)2-3-16(15)21;1-22-8-11-4-5-23(17(11)9-22)13-7-16(21)18(24-10-13)14-6-12(19)2-3-15(14)20/h3-4,7,13-14,16,19-21H,5-6,8-12,24H2,1-2H3;3-4,7,12-13,15,18-20H,1-2,5-6,8-11,24H2;3-4,7,13,16,19,21H,1-2,5-6,8-12,24H2;2-3,6,12,14,17-19H,4-5,7-10,22H2,1H3;2-3,6,13,16,18H,4-5,7-10,21H2,1H3/t14?,16-,19+,20?,21-;13?,15-,18+,19?,20-;16-,19+,21-;12?,14-,17+,18?,19-;13-,16+,18-/m11111/s1. The van der Waals surface area contributed by atoms with E-state index in [1.807, 2.05) is 23.6 Å². The molecule has 0 bridgehead atoms. The van der Waals surface area contributed by atoms with Gasteiger partial charge in [-0.25, -0.2) is 56.6 Å². The second kappa shape index (κ2) is 41.5. The second-order valence-electron chi connectivity index (χ2n) is 41.6. The SMILES string of the molecule is CC(=O)N1CC2CCN([C@H]3CO[C@H](c4cc(F)ccc4F)[C@@H](N)C3)C2C1.CC(C)CS(=O)(=O)N1CC2CCN([C@H]3CO[C@H](c4cc(F)ccc4F)[C@@H](N)C3)C2C1.CN1CC2=C(C1)N([C@H]1CO[C@H](c3cc(F)ccc3F)[C@@H](N)C1)CC2.N[C@H]1C[C@@H](N2CCC3=C2CN(CC2CC2)C3)CO[C@@H]1c1cc(F)ccc1F.N[C@H]1C[C@@H](N2CCC3CN(C(=O)C4CC4)CC32)CO[C@@H]1c1cc(F)ccc1F. The first kappa shape index (κ1) is 97.9. The van der Waals surface area contributed by atoms with E-state index in [1.54, 1.807) is 16.8 Å². The molecule has 24 nitrogen and oxygen atoms in total. The van der Waals surface area contributed by atoms with Crippen LogP contribution in [0.15, 0.2) is 114 Å². The quantitative estimate of drug-likeness (QED) is 0.0574. The van der Waals surface area contributed by atoms with E-state index < -0.39 is 111 Å². The molecule has 15 heterocycles. The molecular formula is C100H133F10N15O9S. The van der Waals surface area contributed by atoms with Gasteiger partial charge in [0.1, 0.15) is 88.7 Å². The second-order valence-corrected chi connectivity index (χ2v) is 43.6. The molecule has 22 rings (SSSR count). The molecule has 738 valence electrons. The van der Waals surface area contributed by atoms with Gasteiger partial charge in [0, 0.05) is 204 Å². The fourth-order valence-electron chi connectivity index (χ4n) is 24.7. The molecule has 5 aromatic rings. The molecule has 10 N–H and O–H groups in total. The lowest BCUT2D eigenvalue weighted by atomic mass is 9.92. The summed E-state index contributed by atoms with van der Waals surface area (Å²) in [6.45, 7) is 22.3. The molecule has 2 amide bonds. The minimum atomic E-state index is -3.25. The summed E-state index contributed by atoms with van der Waals surface area (Å²) in [6.07, 6.45) is 10.5. The molecule has 0 radical (unpaired) electrons. The van der Waals surface area contributed by atoms with Gasteiger partial charge in [0.2, 0.25) is 21.8 Å². The van der Waals surface area contributed by atoms with Gasteiger partial charge in [-0.3, -0.25) is 34.1 Å². The molecule has 0 aromatic heterocycles. The number of likely N-dealkylation sites (N-methyl/N-ethyl adjacent to an activating group) is 1. The highest BCUT2D eigenvalue weighted by molar-refractivity contribution is 7.89. The first-order chi connectivity index (χ1) is 64.7. The van der Waals surface area contributed by atoms with Gasteiger partial charge in [-0.05, 0) is 248 Å². The molecule has 0 spiro atoms. The molecule has 5 aromatic carbocycles. The van der Waals surface area contributed by atoms with Crippen LogP contribution < -0.4 is 28.7 Å².